The lowest BCUT2D eigenvalue weighted by atomic mass is 10.2. The first-order valence-corrected chi connectivity index (χ1v) is 6.28. The average molecular weight is 259 g/mol. The van der Waals surface area contributed by atoms with E-state index in [4.69, 9.17) is 14.6 Å². The molecule has 1 amide bonds. The highest BCUT2D eigenvalue weighted by molar-refractivity contribution is 5.82. The van der Waals surface area contributed by atoms with E-state index in [0.29, 0.717) is 26.0 Å². The van der Waals surface area contributed by atoms with Crippen molar-refractivity contribution in [3.8, 4) is 0 Å². The number of carboxylic acid groups (broad SMARTS) is 1. The van der Waals surface area contributed by atoms with Crippen molar-refractivity contribution in [2.75, 3.05) is 13.2 Å². The predicted molar refractivity (Wildman–Crippen MR) is 64.2 cm³/mol. The van der Waals surface area contributed by atoms with Crippen LogP contribution < -0.4 is 5.32 Å². The van der Waals surface area contributed by atoms with Crippen LogP contribution in [0.25, 0.3) is 0 Å². The number of amides is 1. The number of rotatable bonds is 7. The lowest BCUT2D eigenvalue weighted by Crippen LogP contribution is -2.36. The van der Waals surface area contributed by atoms with Gasteiger partial charge >= 0.3 is 5.97 Å². The number of carbonyl (C=O) groups is 2. The van der Waals surface area contributed by atoms with Crippen molar-refractivity contribution < 1.29 is 24.2 Å². The molecule has 0 spiro atoms. The standard InChI is InChI=1S/C12H21NO5/c1-8(2)17-7-3-6-13-11(14)9-4-5-10(18-9)12(15)16/h8-10H,3-7H2,1-2H3,(H,13,14)(H,15,16)/t9-,10+/m0/s1. The summed E-state index contributed by atoms with van der Waals surface area (Å²) in [6.07, 6.45) is 0.311. The number of carbonyl (C=O) groups excluding carboxylic acids is 1. The van der Waals surface area contributed by atoms with Crippen molar-refractivity contribution in [2.45, 2.75) is 51.4 Å². The van der Waals surface area contributed by atoms with E-state index < -0.39 is 18.2 Å². The van der Waals surface area contributed by atoms with Crippen LogP contribution in [0.1, 0.15) is 33.1 Å². The Morgan fingerprint density at radius 3 is 2.61 bits per heavy atom. The van der Waals surface area contributed by atoms with E-state index in [0.717, 1.165) is 6.42 Å². The van der Waals surface area contributed by atoms with E-state index in [2.05, 4.69) is 5.32 Å². The minimum Gasteiger partial charge on any atom is -0.479 e. The third kappa shape index (κ3) is 5.01. The molecular weight excluding hydrogens is 238 g/mol. The summed E-state index contributed by atoms with van der Waals surface area (Å²) >= 11 is 0. The van der Waals surface area contributed by atoms with Gasteiger partial charge in [-0.15, -0.1) is 0 Å². The monoisotopic (exact) mass is 259 g/mol. The molecule has 0 aromatic carbocycles. The molecule has 1 saturated heterocycles. The molecule has 6 heteroatoms. The van der Waals surface area contributed by atoms with E-state index in [1.165, 1.54) is 0 Å². The molecule has 1 fully saturated rings. The quantitative estimate of drug-likeness (QED) is 0.652. The third-order valence-electron chi connectivity index (χ3n) is 2.66. The minimum absolute atomic E-state index is 0.190. The van der Waals surface area contributed by atoms with Crippen LogP contribution in [0.2, 0.25) is 0 Å². The van der Waals surface area contributed by atoms with Gasteiger partial charge in [0.05, 0.1) is 6.10 Å². The maximum atomic E-state index is 11.6. The molecule has 1 heterocycles. The highest BCUT2D eigenvalue weighted by Gasteiger charge is 2.34. The van der Waals surface area contributed by atoms with Crippen molar-refractivity contribution >= 4 is 11.9 Å². The summed E-state index contributed by atoms with van der Waals surface area (Å²) in [5.74, 6) is -1.24. The van der Waals surface area contributed by atoms with E-state index in [9.17, 15) is 9.59 Å². The highest BCUT2D eigenvalue weighted by atomic mass is 16.5. The van der Waals surface area contributed by atoms with Crippen LogP contribution in [0.5, 0.6) is 0 Å². The fourth-order valence-corrected chi connectivity index (χ4v) is 1.73. The van der Waals surface area contributed by atoms with Gasteiger partial charge in [0.1, 0.15) is 6.10 Å². The smallest absolute Gasteiger partial charge is 0.332 e. The molecule has 18 heavy (non-hydrogen) atoms. The van der Waals surface area contributed by atoms with Gasteiger partial charge in [0.15, 0.2) is 6.10 Å². The average Bonchev–Trinajstić information content (AvgIpc) is 2.77. The number of hydrogen-bond donors (Lipinski definition) is 2. The van der Waals surface area contributed by atoms with Crippen LogP contribution in [-0.4, -0.2) is 48.4 Å². The molecule has 1 rings (SSSR count). The number of ether oxygens (including phenoxy) is 2. The number of aliphatic carboxylic acids is 1. The lowest BCUT2D eigenvalue weighted by molar-refractivity contribution is -0.151. The molecule has 0 unspecified atom stereocenters. The summed E-state index contributed by atoms with van der Waals surface area (Å²) in [6, 6.07) is 0. The van der Waals surface area contributed by atoms with Crippen molar-refractivity contribution in [1.82, 2.24) is 5.32 Å². The number of carboxylic acids is 1. The van der Waals surface area contributed by atoms with Crippen LogP contribution in [0.3, 0.4) is 0 Å². The van der Waals surface area contributed by atoms with Crippen molar-refractivity contribution in [2.24, 2.45) is 0 Å². The summed E-state index contributed by atoms with van der Waals surface area (Å²) in [6.45, 7) is 5.03. The fraction of sp³-hybridized carbons (Fsp3) is 0.833. The highest BCUT2D eigenvalue weighted by Crippen LogP contribution is 2.19. The van der Waals surface area contributed by atoms with Gasteiger partial charge in [0, 0.05) is 13.2 Å². The Hall–Kier alpha value is -1.14. The Bertz CT molecular complexity index is 292. The summed E-state index contributed by atoms with van der Waals surface area (Å²) in [5, 5.41) is 11.5. The lowest BCUT2D eigenvalue weighted by Gasteiger charge is -2.12. The Kier molecular flexibility index (Phi) is 6.07. The van der Waals surface area contributed by atoms with Gasteiger partial charge in [-0.05, 0) is 33.1 Å². The second-order valence-electron chi connectivity index (χ2n) is 4.59. The Morgan fingerprint density at radius 2 is 2.06 bits per heavy atom. The summed E-state index contributed by atoms with van der Waals surface area (Å²) in [4.78, 5) is 22.3. The van der Waals surface area contributed by atoms with Crippen LogP contribution in [-0.2, 0) is 19.1 Å². The summed E-state index contributed by atoms with van der Waals surface area (Å²) in [5.41, 5.74) is 0. The molecule has 0 saturated carbocycles. The molecule has 0 aromatic heterocycles. The number of nitrogens with one attached hydrogen (secondary N) is 1. The van der Waals surface area contributed by atoms with E-state index in [-0.39, 0.29) is 12.0 Å². The zero-order valence-electron chi connectivity index (χ0n) is 10.8. The van der Waals surface area contributed by atoms with E-state index >= 15 is 0 Å². The van der Waals surface area contributed by atoms with Crippen molar-refractivity contribution in [1.29, 1.82) is 0 Å². The molecule has 0 aromatic rings. The molecule has 104 valence electrons. The third-order valence-corrected chi connectivity index (χ3v) is 2.66. The SMILES string of the molecule is CC(C)OCCCNC(=O)[C@@H]1CC[C@H](C(=O)O)O1. The van der Waals surface area contributed by atoms with Crippen LogP contribution in [0.4, 0.5) is 0 Å². The molecule has 1 aliphatic heterocycles. The Morgan fingerprint density at radius 1 is 1.39 bits per heavy atom. The second-order valence-corrected chi connectivity index (χ2v) is 4.59. The van der Waals surface area contributed by atoms with E-state index in [1.54, 1.807) is 0 Å². The van der Waals surface area contributed by atoms with Gasteiger partial charge in [-0.2, -0.15) is 0 Å². The molecule has 0 radical (unpaired) electrons. The maximum absolute atomic E-state index is 11.6. The first-order chi connectivity index (χ1) is 8.50. The van der Waals surface area contributed by atoms with Crippen molar-refractivity contribution in [3.63, 3.8) is 0 Å². The normalized spacial score (nSPS) is 23.3. The summed E-state index contributed by atoms with van der Waals surface area (Å²) in [7, 11) is 0. The van der Waals surface area contributed by atoms with Gasteiger partial charge in [-0.25, -0.2) is 4.79 Å². The van der Waals surface area contributed by atoms with Crippen molar-refractivity contribution in [3.05, 3.63) is 0 Å². The maximum Gasteiger partial charge on any atom is 0.332 e. The molecule has 1 aliphatic rings. The molecule has 6 nitrogen and oxygen atoms in total. The zero-order chi connectivity index (χ0) is 13.5. The van der Waals surface area contributed by atoms with Crippen LogP contribution in [0, 0.1) is 0 Å². The topological polar surface area (TPSA) is 84.9 Å². The first-order valence-electron chi connectivity index (χ1n) is 6.28. The molecule has 2 N–H and O–H groups in total. The predicted octanol–water partition coefficient (Wildman–Crippen LogP) is 0.550. The molecular formula is C12H21NO5. The molecule has 0 bridgehead atoms. The molecule has 0 aliphatic carbocycles. The Balaban J connectivity index is 2.12. The van der Waals surface area contributed by atoms with Gasteiger partial charge < -0.3 is 19.9 Å². The first kappa shape index (κ1) is 14.9. The van der Waals surface area contributed by atoms with Gasteiger partial charge in [0.2, 0.25) is 5.91 Å². The molecule has 2 atom stereocenters. The van der Waals surface area contributed by atoms with Gasteiger partial charge in [-0.3, -0.25) is 4.79 Å². The summed E-state index contributed by atoms with van der Waals surface area (Å²) < 4.78 is 10.5. The largest absolute Gasteiger partial charge is 0.479 e. The fourth-order valence-electron chi connectivity index (χ4n) is 1.73. The van der Waals surface area contributed by atoms with E-state index in [1.807, 2.05) is 13.8 Å². The van der Waals surface area contributed by atoms with Gasteiger partial charge in [-0.1, -0.05) is 0 Å². The minimum atomic E-state index is -1.00. The number of hydrogen-bond acceptors (Lipinski definition) is 4. The van der Waals surface area contributed by atoms with Crippen LogP contribution >= 0.6 is 0 Å². The second kappa shape index (κ2) is 7.33. The van der Waals surface area contributed by atoms with Crippen LogP contribution in [0.15, 0.2) is 0 Å². The van der Waals surface area contributed by atoms with Gasteiger partial charge in [0.25, 0.3) is 0 Å². The Labute approximate surface area is 107 Å². The zero-order valence-corrected chi connectivity index (χ0v) is 10.8.